The third kappa shape index (κ3) is 3.36. The third-order valence-corrected chi connectivity index (χ3v) is 3.62. The molecule has 2 aromatic rings. The van der Waals surface area contributed by atoms with Gasteiger partial charge in [0.15, 0.2) is 5.82 Å². The molecule has 0 saturated heterocycles. The van der Waals surface area contributed by atoms with Gasteiger partial charge >= 0.3 is 0 Å². The largest absolute Gasteiger partial charge is 0.308 e. The summed E-state index contributed by atoms with van der Waals surface area (Å²) in [6.45, 7) is 7.08. The molecular formula is C12H19N5S. The Morgan fingerprint density at radius 3 is 2.89 bits per heavy atom. The molecule has 2 aromatic heterocycles. The summed E-state index contributed by atoms with van der Waals surface area (Å²) in [5, 5.41) is 17.4. The number of aromatic nitrogens is 4. The maximum absolute atomic E-state index is 4.09. The quantitative estimate of drug-likeness (QED) is 0.868. The molecule has 0 aliphatic rings. The molecule has 0 spiro atoms. The Balaban J connectivity index is 2.01. The second-order valence-electron chi connectivity index (χ2n) is 4.71. The first-order valence-electron chi connectivity index (χ1n) is 6.19. The Hall–Kier alpha value is -1.27. The Bertz CT molecular complexity index is 463. The Morgan fingerprint density at radius 2 is 2.22 bits per heavy atom. The summed E-state index contributed by atoms with van der Waals surface area (Å²) >= 11 is 1.78. The summed E-state index contributed by atoms with van der Waals surface area (Å²) in [7, 11) is 0. The van der Waals surface area contributed by atoms with Crippen LogP contribution in [0.3, 0.4) is 0 Å². The van der Waals surface area contributed by atoms with Crippen LogP contribution >= 0.6 is 11.3 Å². The van der Waals surface area contributed by atoms with Crippen molar-refractivity contribution in [2.75, 3.05) is 0 Å². The summed E-state index contributed by atoms with van der Waals surface area (Å²) in [4.78, 5) is 1.36. The van der Waals surface area contributed by atoms with Gasteiger partial charge in [-0.2, -0.15) is 0 Å². The molecule has 5 nitrogen and oxygen atoms in total. The standard InChI is InChI=1S/C12H19N5S/c1-9(2)13-8-12-14-15-16-17(12)10(3)7-11-5-4-6-18-11/h4-6,9-10,13H,7-8H2,1-3H3. The molecule has 0 aliphatic carbocycles. The first-order valence-corrected chi connectivity index (χ1v) is 7.07. The highest BCUT2D eigenvalue weighted by atomic mass is 32.1. The topological polar surface area (TPSA) is 55.6 Å². The van der Waals surface area contributed by atoms with E-state index in [1.165, 1.54) is 4.88 Å². The van der Waals surface area contributed by atoms with Crippen LogP contribution in [0.2, 0.25) is 0 Å². The van der Waals surface area contributed by atoms with E-state index in [-0.39, 0.29) is 6.04 Å². The third-order valence-electron chi connectivity index (χ3n) is 2.72. The number of hydrogen-bond acceptors (Lipinski definition) is 5. The second kappa shape index (κ2) is 6.06. The van der Waals surface area contributed by atoms with Gasteiger partial charge in [0.1, 0.15) is 0 Å². The van der Waals surface area contributed by atoms with Crippen LogP contribution in [0.1, 0.15) is 37.5 Å². The highest BCUT2D eigenvalue weighted by Crippen LogP contribution is 2.17. The van der Waals surface area contributed by atoms with Crippen molar-refractivity contribution in [2.45, 2.75) is 45.8 Å². The van der Waals surface area contributed by atoms with E-state index in [1.54, 1.807) is 11.3 Å². The Kier molecular flexibility index (Phi) is 4.43. The number of nitrogens with one attached hydrogen (secondary N) is 1. The van der Waals surface area contributed by atoms with E-state index in [9.17, 15) is 0 Å². The minimum absolute atomic E-state index is 0.280. The minimum Gasteiger partial charge on any atom is -0.308 e. The lowest BCUT2D eigenvalue weighted by molar-refractivity contribution is 0.444. The van der Waals surface area contributed by atoms with Crippen molar-refractivity contribution in [2.24, 2.45) is 0 Å². The van der Waals surface area contributed by atoms with Crippen molar-refractivity contribution in [3.05, 3.63) is 28.2 Å². The van der Waals surface area contributed by atoms with E-state index in [2.05, 4.69) is 59.1 Å². The van der Waals surface area contributed by atoms with Gasteiger partial charge in [0.2, 0.25) is 0 Å². The number of tetrazole rings is 1. The predicted octanol–water partition coefficient (Wildman–Crippen LogP) is 2.04. The average Bonchev–Trinajstić information content (AvgIpc) is 2.96. The summed E-state index contributed by atoms with van der Waals surface area (Å²) in [5.74, 6) is 0.896. The zero-order valence-corrected chi connectivity index (χ0v) is 11.8. The van der Waals surface area contributed by atoms with Crippen LogP contribution in [0.5, 0.6) is 0 Å². The predicted molar refractivity (Wildman–Crippen MR) is 72.5 cm³/mol. The molecule has 2 heterocycles. The normalized spacial score (nSPS) is 13.1. The molecule has 2 rings (SSSR count). The number of thiophene rings is 1. The van der Waals surface area contributed by atoms with Crippen molar-refractivity contribution in [1.82, 2.24) is 25.5 Å². The van der Waals surface area contributed by atoms with Gasteiger partial charge < -0.3 is 5.32 Å². The van der Waals surface area contributed by atoms with Gasteiger partial charge in [-0.3, -0.25) is 0 Å². The molecule has 1 unspecified atom stereocenters. The second-order valence-corrected chi connectivity index (χ2v) is 5.74. The molecular weight excluding hydrogens is 246 g/mol. The fourth-order valence-corrected chi connectivity index (χ4v) is 2.60. The number of nitrogens with zero attached hydrogens (tertiary/aromatic N) is 4. The monoisotopic (exact) mass is 265 g/mol. The molecule has 18 heavy (non-hydrogen) atoms. The van der Waals surface area contributed by atoms with E-state index in [0.29, 0.717) is 12.6 Å². The molecule has 0 aromatic carbocycles. The maximum atomic E-state index is 4.09. The lowest BCUT2D eigenvalue weighted by Gasteiger charge is -2.13. The minimum atomic E-state index is 0.280. The first kappa shape index (κ1) is 13.2. The average molecular weight is 265 g/mol. The van der Waals surface area contributed by atoms with Gasteiger partial charge in [-0.1, -0.05) is 19.9 Å². The highest BCUT2D eigenvalue weighted by Gasteiger charge is 2.13. The molecule has 0 radical (unpaired) electrons. The number of rotatable bonds is 6. The van der Waals surface area contributed by atoms with Gasteiger partial charge in [-0.15, -0.1) is 16.4 Å². The van der Waals surface area contributed by atoms with Gasteiger partial charge in [-0.05, 0) is 28.8 Å². The zero-order valence-electron chi connectivity index (χ0n) is 11.0. The molecule has 98 valence electrons. The van der Waals surface area contributed by atoms with Crippen molar-refractivity contribution >= 4 is 11.3 Å². The van der Waals surface area contributed by atoms with Crippen LogP contribution in [-0.2, 0) is 13.0 Å². The van der Waals surface area contributed by atoms with Crippen molar-refractivity contribution in [3.8, 4) is 0 Å². The van der Waals surface area contributed by atoms with E-state index in [4.69, 9.17) is 0 Å². The van der Waals surface area contributed by atoms with Crippen LogP contribution in [-0.4, -0.2) is 26.2 Å². The lowest BCUT2D eigenvalue weighted by atomic mass is 10.2. The van der Waals surface area contributed by atoms with Crippen molar-refractivity contribution in [1.29, 1.82) is 0 Å². The Labute approximate surface area is 111 Å². The molecule has 0 aliphatic heterocycles. The van der Waals surface area contributed by atoms with E-state index in [1.807, 2.05) is 4.68 Å². The van der Waals surface area contributed by atoms with Crippen molar-refractivity contribution in [3.63, 3.8) is 0 Å². The molecule has 0 amide bonds. The molecule has 0 fully saturated rings. The van der Waals surface area contributed by atoms with Gasteiger partial charge in [0.25, 0.3) is 0 Å². The summed E-state index contributed by atoms with van der Waals surface area (Å²) < 4.78 is 1.91. The van der Waals surface area contributed by atoms with Crippen LogP contribution in [0.15, 0.2) is 17.5 Å². The Morgan fingerprint density at radius 1 is 1.39 bits per heavy atom. The molecule has 0 saturated carbocycles. The SMILES string of the molecule is CC(C)NCc1nnnn1C(C)Cc1cccs1. The van der Waals surface area contributed by atoms with Crippen LogP contribution in [0, 0.1) is 0 Å². The van der Waals surface area contributed by atoms with Crippen LogP contribution in [0.4, 0.5) is 0 Å². The smallest absolute Gasteiger partial charge is 0.165 e. The molecule has 0 bridgehead atoms. The first-order chi connectivity index (χ1) is 8.66. The number of hydrogen-bond donors (Lipinski definition) is 1. The summed E-state index contributed by atoms with van der Waals surface area (Å²) in [6, 6.07) is 4.94. The zero-order chi connectivity index (χ0) is 13.0. The highest BCUT2D eigenvalue weighted by molar-refractivity contribution is 7.09. The van der Waals surface area contributed by atoms with Gasteiger partial charge in [0, 0.05) is 17.3 Å². The summed E-state index contributed by atoms with van der Waals surface area (Å²) in [5.41, 5.74) is 0. The van der Waals surface area contributed by atoms with E-state index >= 15 is 0 Å². The fraction of sp³-hybridized carbons (Fsp3) is 0.583. The van der Waals surface area contributed by atoms with Crippen molar-refractivity contribution < 1.29 is 0 Å². The van der Waals surface area contributed by atoms with Gasteiger partial charge in [-0.25, -0.2) is 4.68 Å². The molecule has 1 atom stereocenters. The fourth-order valence-electron chi connectivity index (χ4n) is 1.77. The summed E-state index contributed by atoms with van der Waals surface area (Å²) in [6.07, 6.45) is 0.970. The molecule has 1 N–H and O–H groups in total. The lowest BCUT2D eigenvalue weighted by Crippen LogP contribution is -2.25. The van der Waals surface area contributed by atoms with Crippen LogP contribution in [0.25, 0.3) is 0 Å². The van der Waals surface area contributed by atoms with E-state index in [0.717, 1.165) is 12.2 Å². The van der Waals surface area contributed by atoms with Gasteiger partial charge in [0.05, 0.1) is 12.6 Å². The maximum Gasteiger partial charge on any atom is 0.165 e. The molecule has 6 heteroatoms. The van der Waals surface area contributed by atoms with E-state index < -0.39 is 0 Å². The van der Waals surface area contributed by atoms with Crippen LogP contribution < -0.4 is 5.32 Å².